The number of rotatable bonds is 3. The van der Waals surface area contributed by atoms with Crippen molar-refractivity contribution >= 4 is 17.2 Å². The summed E-state index contributed by atoms with van der Waals surface area (Å²) in [5.41, 5.74) is 1.01. The van der Waals surface area contributed by atoms with Crippen molar-refractivity contribution < 1.29 is 10.2 Å². The molecule has 0 saturated heterocycles. The van der Waals surface area contributed by atoms with Crippen LogP contribution in [0.5, 0.6) is 0 Å². The lowest BCUT2D eigenvalue weighted by molar-refractivity contribution is 0.0331. The summed E-state index contributed by atoms with van der Waals surface area (Å²) in [6, 6.07) is 11.4. The summed E-state index contributed by atoms with van der Waals surface area (Å²) in [6.07, 6.45) is 2.72. The third-order valence-corrected chi connectivity index (χ3v) is 5.34. The molecule has 0 amide bonds. The summed E-state index contributed by atoms with van der Waals surface area (Å²) in [7, 11) is 0. The van der Waals surface area contributed by atoms with Crippen LogP contribution in [0.25, 0.3) is 5.65 Å². The van der Waals surface area contributed by atoms with E-state index in [1.54, 1.807) is 13.8 Å². The number of benzene rings is 1. The van der Waals surface area contributed by atoms with Crippen LogP contribution in [0.3, 0.4) is 0 Å². The van der Waals surface area contributed by atoms with Crippen LogP contribution in [0, 0.1) is 0 Å². The molecule has 0 bridgehead atoms. The van der Waals surface area contributed by atoms with Crippen molar-refractivity contribution in [2.75, 3.05) is 0 Å². The fraction of sp³-hybridized carbons (Fsp3) is 0.368. The van der Waals surface area contributed by atoms with Crippen molar-refractivity contribution in [2.45, 2.75) is 43.8 Å². The highest BCUT2D eigenvalue weighted by Gasteiger charge is 2.49. The second-order valence-corrected chi connectivity index (χ2v) is 7.79. The Morgan fingerprint density at radius 3 is 2.44 bits per heavy atom. The summed E-state index contributed by atoms with van der Waals surface area (Å²) in [6.45, 7) is 3.47. The zero-order valence-corrected chi connectivity index (χ0v) is 14.9. The maximum absolute atomic E-state index is 10.4. The van der Waals surface area contributed by atoms with Crippen LogP contribution >= 0.6 is 11.6 Å². The van der Waals surface area contributed by atoms with Gasteiger partial charge in [0.2, 0.25) is 0 Å². The molecule has 0 radical (unpaired) electrons. The van der Waals surface area contributed by atoms with Gasteiger partial charge in [0.05, 0.1) is 17.1 Å². The van der Waals surface area contributed by atoms with E-state index in [1.807, 2.05) is 47.0 Å². The minimum Gasteiger partial charge on any atom is -0.393 e. The van der Waals surface area contributed by atoms with E-state index in [0.717, 1.165) is 17.0 Å². The average Bonchev–Trinajstić information content (AvgIpc) is 2.95. The molecule has 0 atom stereocenters. The summed E-state index contributed by atoms with van der Waals surface area (Å²) in [5, 5.41) is 29.9. The lowest BCUT2D eigenvalue weighted by atomic mass is 9.62. The number of hydrogen-bond donors (Lipinski definition) is 2. The van der Waals surface area contributed by atoms with Crippen LogP contribution in [0.4, 0.5) is 0 Å². The van der Waals surface area contributed by atoms with E-state index >= 15 is 0 Å². The second kappa shape index (κ2) is 5.53. The van der Waals surface area contributed by atoms with Gasteiger partial charge in [0.15, 0.2) is 5.65 Å². The molecule has 2 N–H and O–H groups in total. The SMILES string of the molecule is CC(C)(O)c1cccn2c(C3(c4ccc(Cl)cc4)CC(O)C3)nnc12. The Morgan fingerprint density at radius 1 is 1.16 bits per heavy atom. The molecular formula is C19H20ClN3O2. The summed E-state index contributed by atoms with van der Waals surface area (Å²) in [5.74, 6) is 0.779. The van der Waals surface area contributed by atoms with Gasteiger partial charge in [-0.3, -0.25) is 4.40 Å². The number of aliphatic hydroxyl groups is 2. The molecule has 1 aliphatic carbocycles. The fourth-order valence-electron chi connectivity index (χ4n) is 3.78. The number of nitrogens with zero attached hydrogens (tertiary/aromatic N) is 3. The Labute approximate surface area is 150 Å². The van der Waals surface area contributed by atoms with Crippen molar-refractivity contribution in [3.8, 4) is 0 Å². The van der Waals surface area contributed by atoms with Gasteiger partial charge in [-0.25, -0.2) is 0 Å². The van der Waals surface area contributed by atoms with Gasteiger partial charge in [-0.05, 0) is 50.5 Å². The molecule has 5 nitrogen and oxygen atoms in total. The third-order valence-electron chi connectivity index (χ3n) is 5.09. The van der Waals surface area contributed by atoms with Crippen molar-refractivity contribution in [3.63, 3.8) is 0 Å². The Bertz CT molecular complexity index is 922. The molecule has 0 spiro atoms. The fourth-order valence-corrected chi connectivity index (χ4v) is 3.91. The first-order valence-corrected chi connectivity index (χ1v) is 8.70. The predicted octanol–water partition coefficient (Wildman–Crippen LogP) is 3.05. The molecule has 1 aromatic carbocycles. The van der Waals surface area contributed by atoms with Crippen LogP contribution < -0.4 is 0 Å². The van der Waals surface area contributed by atoms with Crippen LogP contribution in [0.2, 0.25) is 5.02 Å². The average molecular weight is 358 g/mol. The standard InChI is InChI=1S/C19H20ClN3O2/c1-18(2,25)15-4-3-9-23-16(15)21-22-17(23)19(10-14(24)11-19)12-5-7-13(20)8-6-12/h3-9,14,24-25H,10-11H2,1-2H3. The zero-order chi connectivity index (χ0) is 17.8. The van der Waals surface area contributed by atoms with E-state index in [-0.39, 0.29) is 6.10 Å². The number of hydrogen-bond acceptors (Lipinski definition) is 4. The van der Waals surface area contributed by atoms with Crippen molar-refractivity contribution in [1.82, 2.24) is 14.6 Å². The van der Waals surface area contributed by atoms with Crippen LogP contribution in [-0.2, 0) is 11.0 Å². The van der Waals surface area contributed by atoms with E-state index in [2.05, 4.69) is 10.2 Å². The van der Waals surface area contributed by atoms with E-state index in [1.165, 1.54) is 0 Å². The predicted molar refractivity (Wildman–Crippen MR) is 95.7 cm³/mol. The Balaban J connectivity index is 1.91. The number of pyridine rings is 1. The summed E-state index contributed by atoms with van der Waals surface area (Å²) >= 11 is 6.03. The molecule has 0 aliphatic heterocycles. The highest BCUT2D eigenvalue weighted by molar-refractivity contribution is 6.30. The van der Waals surface area contributed by atoms with Crippen molar-refractivity contribution in [3.05, 3.63) is 64.6 Å². The van der Waals surface area contributed by atoms with E-state index in [9.17, 15) is 10.2 Å². The Morgan fingerprint density at radius 2 is 1.84 bits per heavy atom. The summed E-state index contributed by atoms with van der Waals surface area (Å²) in [4.78, 5) is 0. The molecule has 2 heterocycles. The Hall–Kier alpha value is -1.95. The van der Waals surface area contributed by atoms with Gasteiger partial charge in [-0.15, -0.1) is 10.2 Å². The molecular weight excluding hydrogens is 338 g/mol. The second-order valence-electron chi connectivity index (χ2n) is 7.35. The van der Waals surface area contributed by atoms with Gasteiger partial charge in [0.1, 0.15) is 5.82 Å². The van der Waals surface area contributed by atoms with E-state index < -0.39 is 11.0 Å². The van der Waals surface area contributed by atoms with Crippen LogP contribution in [0.15, 0.2) is 42.6 Å². The van der Waals surface area contributed by atoms with Gasteiger partial charge in [-0.1, -0.05) is 29.8 Å². The maximum atomic E-state index is 10.4. The number of fused-ring (bicyclic) bond motifs is 1. The van der Waals surface area contributed by atoms with Gasteiger partial charge >= 0.3 is 0 Å². The van der Waals surface area contributed by atoms with Crippen molar-refractivity contribution in [2.24, 2.45) is 0 Å². The summed E-state index contributed by atoms with van der Waals surface area (Å²) < 4.78 is 1.92. The molecule has 1 aliphatic rings. The van der Waals surface area contributed by atoms with Gasteiger partial charge in [-0.2, -0.15) is 0 Å². The molecule has 6 heteroatoms. The molecule has 1 fully saturated rings. The highest BCUT2D eigenvalue weighted by Crippen LogP contribution is 2.48. The Kier molecular flexibility index (Phi) is 3.65. The minimum absolute atomic E-state index is 0.361. The first-order valence-electron chi connectivity index (χ1n) is 8.32. The van der Waals surface area contributed by atoms with Crippen LogP contribution in [0.1, 0.15) is 43.6 Å². The van der Waals surface area contributed by atoms with E-state index in [0.29, 0.717) is 23.5 Å². The lowest BCUT2D eigenvalue weighted by Gasteiger charge is -2.44. The van der Waals surface area contributed by atoms with Crippen LogP contribution in [-0.4, -0.2) is 30.9 Å². The topological polar surface area (TPSA) is 70.7 Å². The number of aliphatic hydroxyl groups excluding tert-OH is 1. The molecule has 3 aromatic rings. The number of aromatic nitrogens is 3. The maximum Gasteiger partial charge on any atom is 0.166 e. The van der Waals surface area contributed by atoms with Crippen molar-refractivity contribution in [1.29, 1.82) is 0 Å². The normalized spacial score (nSPS) is 23.6. The smallest absolute Gasteiger partial charge is 0.166 e. The third kappa shape index (κ3) is 2.54. The molecule has 25 heavy (non-hydrogen) atoms. The molecule has 2 aromatic heterocycles. The molecule has 0 unspecified atom stereocenters. The largest absolute Gasteiger partial charge is 0.393 e. The van der Waals surface area contributed by atoms with E-state index in [4.69, 9.17) is 11.6 Å². The lowest BCUT2D eigenvalue weighted by Crippen LogP contribution is -2.46. The van der Waals surface area contributed by atoms with Gasteiger partial charge < -0.3 is 10.2 Å². The first kappa shape index (κ1) is 16.5. The molecule has 1 saturated carbocycles. The minimum atomic E-state index is -1.01. The number of halogens is 1. The first-order chi connectivity index (χ1) is 11.8. The van der Waals surface area contributed by atoms with Gasteiger partial charge in [0, 0.05) is 16.8 Å². The molecule has 130 valence electrons. The quantitative estimate of drug-likeness (QED) is 0.755. The molecule has 4 rings (SSSR count). The zero-order valence-electron chi connectivity index (χ0n) is 14.1. The van der Waals surface area contributed by atoms with Gasteiger partial charge in [0.25, 0.3) is 0 Å². The monoisotopic (exact) mass is 357 g/mol. The highest BCUT2D eigenvalue weighted by atomic mass is 35.5.